The third-order valence-corrected chi connectivity index (χ3v) is 6.93. The number of hydrogen-bond acceptors (Lipinski definition) is 3. The molecule has 2 aliphatic carbocycles. The van der Waals surface area contributed by atoms with Gasteiger partial charge >= 0.3 is 0 Å². The first-order valence-electron chi connectivity index (χ1n) is 10.9. The third kappa shape index (κ3) is 6.19. The van der Waals surface area contributed by atoms with Crippen molar-refractivity contribution in [1.82, 2.24) is 4.90 Å². The maximum absolute atomic E-state index is 13.6. The molecule has 1 saturated heterocycles. The largest absolute Gasteiger partial charge is 0.377 e. The van der Waals surface area contributed by atoms with Crippen LogP contribution in [0.1, 0.15) is 70.6 Å². The van der Waals surface area contributed by atoms with Crippen molar-refractivity contribution in [3.63, 3.8) is 0 Å². The topological polar surface area (TPSA) is 55.6 Å². The molecule has 4 nitrogen and oxygen atoms in total. The molecule has 1 heterocycles. The van der Waals surface area contributed by atoms with Gasteiger partial charge in [-0.25, -0.2) is 4.39 Å². The minimum atomic E-state index is -0.540. The quantitative estimate of drug-likeness (QED) is 0.746. The van der Waals surface area contributed by atoms with Gasteiger partial charge in [0.1, 0.15) is 6.17 Å². The maximum Gasteiger partial charge on any atom is 0.220 e. The SMILES string of the molecule is NC(=O)C1CCN(CCOC2CCC(CC3CCCC(F)C3)CC2)CC1. The van der Waals surface area contributed by atoms with E-state index >= 15 is 0 Å². The van der Waals surface area contributed by atoms with E-state index in [0.717, 1.165) is 64.3 Å². The second kappa shape index (κ2) is 10.0. The van der Waals surface area contributed by atoms with Crippen molar-refractivity contribution >= 4 is 5.91 Å². The number of carbonyl (C=O) groups excluding carboxylic acids is 1. The Balaban J connectivity index is 1.25. The Kier molecular flexibility index (Phi) is 7.74. The molecular weight excluding hydrogens is 331 g/mol. The van der Waals surface area contributed by atoms with Crippen LogP contribution in [0.2, 0.25) is 0 Å². The van der Waals surface area contributed by atoms with E-state index in [1.165, 1.54) is 38.5 Å². The van der Waals surface area contributed by atoms with Gasteiger partial charge < -0.3 is 15.4 Å². The molecule has 0 aromatic heterocycles. The molecule has 0 aromatic carbocycles. The van der Waals surface area contributed by atoms with Crippen LogP contribution in [0.15, 0.2) is 0 Å². The van der Waals surface area contributed by atoms with Gasteiger partial charge in [-0.15, -0.1) is 0 Å². The molecule has 2 saturated carbocycles. The van der Waals surface area contributed by atoms with Gasteiger partial charge in [-0.3, -0.25) is 4.79 Å². The molecule has 3 fully saturated rings. The molecular formula is C21H37FN2O2. The lowest BCUT2D eigenvalue weighted by Crippen LogP contribution is -2.40. The fourth-order valence-corrected chi connectivity index (χ4v) is 5.23. The second-order valence-corrected chi connectivity index (χ2v) is 8.90. The molecule has 150 valence electrons. The molecule has 26 heavy (non-hydrogen) atoms. The predicted molar refractivity (Wildman–Crippen MR) is 102 cm³/mol. The Morgan fingerprint density at radius 2 is 1.73 bits per heavy atom. The summed E-state index contributed by atoms with van der Waals surface area (Å²) in [5, 5.41) is 0. The van der Waals surface area contributed by atoms with Gasteiger partial charge in [-0.1, -0.05) is 12.8 Å². The number of primary amides is 1. The van der Waals surface area contributed by atoms with Crippen LogP contribution in [-0.2, 0) is 9.53 Å². The average Bonchev–Trinajstić information content (AvgIpc) is 2.64. The molecule has 0 aromatic rings. The highest BCUT2D eigenvalue weighted by molar-refractivity contribution is 5.76. The summed E-state index contributed by atoms with van der Waals surface area (Å²) < 4.78 is 19.7. The summed E-state index contributed by atoms with van der Waals surface area (Å²) in [4.78, 5) is 13.6. The van der Waals surface area contributed by atoms with Crippen molar-refractivity contribution in [3.8, 4) is 0 Å². The van der Waals surface area contributed by atoms with Crippen LogP contribution in [0.3, 0.4) is 0 Å². The number of ether oxygens (including phenoxy) is 1. The van der Waals surface area contributed by atoms with Crippen LogP contribution in [0, 0.1) is 17.8 Å². The van der Waals surface area contributed by atoms with E-state index in [2.05, 4.69) is 4.90 Å². The summed E-state index contributed by atoms with van der Waals surface area (Å²) in [5.41, 5.74) is 5.39. The van der Waals surface area contributed by atoms with Crippen LogP contribution in [0.4, 0.5) is 4.39 Å². The Hall–Kier alpha value is -0.680. The van der Waals surface area contributed by atoms with E-state index in [0.29, 0.717) is 12.0 Å². The number of nitrogens with two attached hydrogens (primary N) is 1. The van der Waals surface area contributed by atoms with Crippen molar-refractivity contribution in [2.45, 2.75) is 82.9 Å². The first-order valence-corrected chi connectivity index (χ1v) is 10.9. The summed E-state index contributed by atoms with van der Waals surface area (Å²) in [7, 11) is 0. The number of alkyl halides is 1. The first-order chi connectivity index (χ1) is 12.6. The van der Waals surface area contributed by atoms with Crippen molar-refractivity contribution < 1.29 is 13.9 Å². The summed E-state index contributed by atoms with van der Waals surface area (Å²) in [5.74, 6) is 1.34. The summed E-state index contributed by atoms with van der Waals surface area (Å²) >= 11 is 0. The highest BCUT2D eigenvalue weighted by Gasteiger charge is 2.28. The molecule has 2 unspecified atom stereocenters. The predicted octanol–water partition coefficient (Wildman–Crippen LogP) is 3.68. The van der Waals surface area contributed by atoms with Crippen LogP contribution < -0.4 is 5.73 Å². The Labute approximate surface area is 158 Å². The number of piperidine rings is 1. The van der Waals surface area contributed by atoms with E-state index in [4.69, 9.17) is 10.5 Å². The van der Waals surface area contributed by atoms with Crippen molar-refractivity contribution in [3.05, 3.63) is 0 Å². The standard InChI is InChI=1S/C21H37FN2O2/c22-19-3-1-2-17(15-19)14-16-4-6-20(7-5-16)26-13-12-24-10-8-18(9-11-24)21(23)25/h16-20H,1-15H2,(H2,23,25). The zero-order chi connectivity index (χ0) is 18.4. The number of halogens is 1. The van der Waals surface area contributed by atoms with Crippen molar-refractivity contribution in [2.75, 3.05) is 26.2 Å². The Morgan fingerprint density at radius 3 is 2.38 bits per heavy atom. The number of likely N-dealkylation sites (tertiary alicyclic amines) is 1. The second-order valence-electron chi connectivity index (χ2n) is 8.90. The summed E-state index contributed by atoms with van der Waals surface area (Å²) in [6, 6.07) is 0. The van der Waals surface area contributed by atoms with Crippen molar-refractivity contribution in [2.24, 2.45) is 23.5 Å². The molecule has 2 N–H and O–H groups in total. The minimum Gasteiger partial charge on any atom is -0.377 e. The average molecular weight is 369 g/mol. The van der Waals surface area contributed by atoms with Gasteiger partial charge in [-0.05, 0) is 82.7 Å². The smallest absolute Gasteiger partial charge is 0.220 e. The van der Waals surface area contributed by atoms with Crippen LogP contribution in [-0.4, -0.2) is 49.3 Å². The summed E-state index contributed by atoms with van der Waals surface area (Å²) in [6.07, 6.45) is 11.6. The van der Waals surface area contributed by atoms with Gasteiger partial charge in [0.2, 0.25) is 5.91 Å². The fourth-order valence-electron chi connectivity index (χ4n) is 5.23. The maximum atomic E-state index is 13.6. The highest BCUT2D eigenvalue weighted by atomic mass is 19.1. The molecule has 3 aliphatic rings. The number of amides is 1. The number of nitrogens with zero attached hydrogens (tertiary/aromatic N) is 1. The van der Waals surface area contributed by atoms with E-state index in [-0.39, 0.29) is 11.8 Å². The molecule has 0 radical (unpaired) electrons. The highest BCUT2D eigenvalue weighted by Crippen LogP contribution is 2.36. The van der Waals surface area contributed by atoms with Gasteiger partial charge in [0.25, 0.3) is 0 Å². The Bertz CT molecular complexity index is 432. The van der Waals surface area contributed by atoms with E-state index in [1.807, 2.05) is 0 Å². The van der Waals surface area contributed by atoms with E-state index in [1.54, 1.807) is 0 Å². The first kappa shape index (κ1) is 20.1. The van der Waals surface area contributed by atoms with Crippen molar-refractivity contribution in [1.29, 1.82) is 0 Å². The zero-order valence-electron chi connectivity index (χ0n) is 16.2. The van der Waals surface area contributed by atoms with E-state index < -0.39 is 6.17 Å². The summed E-state index contributed by atoms with van der Waals surface area (Å²) in [6.45, 7) is 3.68. The lowest BCUT2D eigenvalue weighted by Gasteiger charge is -2.34. The molecule has 5 heteroatoms. The fraction of sp³-hybridized carbons (Fsp3) is 0.952. The Morgan fingerprint density at radius 1 is 1.00 bits per heavy atom. The van der Waals surface area contributed by atoms with Gasteiger partial charge in [0.05, 0.1) is 12.7 Å². The molecule has 2 atom stereocenters. The molecule has 0 spiro atoms. The molecule has 1 aliphatic heterocycles. The van der Waals surface area contributed by atoms with Gasteiger partial charge in [0.15, 0.2) is 0 Å². The minimum absolute atomic E-state index is 0.0688. The van der Waals surface area contributed by atoms with Crippen LogP contribution in [0.5, 0.6) is 0 Å². The number of rotatable bonds is 7. The molecule has 0 bridgehead atoms. The third-order valence-electron chi connectivity index (χ3n) is 6.93. The zero-order valence-corrected chi connectivity index (χ0v) is 16.2. The lowest BCUT2D eigenvalue weighted by molar-refractivity contribution is -0.123. The molecule has 3 rings (SSSR count). The van der Waals surface area contributed by atoms with E-state index in [9.17, 15) is 9.18 Å². The van der Waals surface area contributed by atoms with Gasteiger partial charge in [-0.2, -0.15) is 0 Å². The van der Waals surface area contributed by atoms with Crippen LogP contribution >= 0.6 is 0 Å². The lowest BCUT2D eigenvalue weighted by atomic mass is 9.76. The normalized spacial score (nSPS) is 34.7. The van der Waals surface area contributed by atoms with Gasteiger partial charge in [0, 0.05) is 12.5 Å². The molecule has 1 amide bonds. The van der Waals surface area contributed by atoms with Crippen LogP contribution in [0.25, 0.3) is 0 Å². The number of carbonyl (C=O) groups is 1. The monoisotopic (exact) mass is 368 g/mol. The number of hydrogen-bond donors (Lipinski definition) is 1.